The van der Waals surface area contributed by atoms with Crippen LogP contribution in [-0.2, 0) is 6.54 Å². The molecule has 2 saturated heterocycles. The minimum Gasteiger partial charge on any atom is -0.497 e. The van der Waals surface area contributed by atoms with Crippen molar-refractivity contribution in [1.82, 2.24) is 14.7 Å². The molecule has 0 unspecified atom stereocenters. The monoisotopic (exact) mass is 469 g/mol. The average molecular weight is 470 g/mol. The topological polar surface area (TPSA) is 69.4 Å². The Labute approximate surface area is 198 Å². The first-order valence-corrected chi connectivity index (χ1v) is 11.6. The molecule has 1 aromatic heterocycles. The van der Waals surface area contributed by atoms with E-state index in [1.807, 2.05) is 24.3 Å². The number of aliphatic hydroxyl groups is 1. The van der Waals surface area contributed by atoms with Crippen LogP contribution in [0.3, 0.4) is 0 Å². The molecule has 2 aliphatic heterocycles. The van der Waals surface area contributed by atoms with E-state index in [-0.39, 0.29) is 11.9 Å². The highest BCUT2D eigenvalue weighted by Gasteiger charge is 2.39. The molecule has 1 N–H and O–H groups in total. The number of nitrogens with zero attached hydrogens (tertiary/aromatic N) is 3. The molecule has 0 radical (unpaired) electrons. The molecule has 174 valence electrons. The molecule has 2 aromatic carbocycles. The highest BCUT2D eigenvalue weighted by atomic mass is 35.5. The van der Waals surface area contributed by atoms with Crippen LogP contribution in [0.25, 0.3) is 11.0 Å². The quantitative estimate of drug-likeness (QED) is 0.619. The summed E-state index contributed by atoms with van der Waals surface area (Å²) < 4.78 is 11.0. The van der Waals surface area contributed by atoms with Gasteiger partial charge >= 0.3 is 0 Å². The number of amides is 1. The highest BCUT2D eigenvalue weighted by molar-refractivity contribution is 6.30. The molecular formula is C25H28ClN3O4. The lowest BCUT2D eigenvalue weighted by Gasteiger charge is -2.38. The molecule has 33 heavy (non-hydrogen) atoms. The first-order chi connectivity index (χ1) is 16.0. The Hall–Kier alpha value is -2.58. The van der Waals surface area contributed by atoms with Crippen molar-refractivity contribution in [1.29, 1.82) is 0 Å². The molecule has 2 aliphatic rings. The summed E-state index contributed by atoms with van der Waals surface area (Å²) in [4.78, 5) is 19.5. The number of halogens is 1. The summed E-state index contributed by atoms with van der Waals surface area (Å²) in [7, 11) is 1.61. The zero-order valence-corrected chi connectivity index (χ0v) is 19.4. The molecule has 0 bridgehead atoms. The second kappa shape index (κ2) is 9.35. The number of fused-ring (bicyclic) bond motifs is 1. The van der Waals surface area contributed by atoms with E-state index in [0.29, 0.717) is 30.2 Å². The van der Waals surface area contributed by atoms with Gasteiger partial charge in [-0.05, 0) is 42.0 Å². The van der Waals surface area contributed by atoms with E-state index >= 15 is 0 Å². The number of rotatable bonds is 5. The van der Waals surface area contributed by atoms with Gasteiger partial charge in [-0.1, -0.05) is 23.7 Å². The van der Waals surface area contributed by atoms with E-state index < -0.39 is 6.10 Å². The summed E-state index contributed by atoms with van der Waals surface area (Å²) >= 11 is 5.98. The van der Waals surface area contributed by atoms with Gasteiger partial charge in [0, 0.05) is 56.2 Å². The number of hydrogen-bond acceptors (Lipinski definition) is 6. The molecule has 5 rings (SSSR count). The van der Waals surface area contributed by atoms with Crippen LogP contribution in [0.1, 0.15) is 16.1 Å². The molecule has 3 heterocycles. The second-order valence-corrected chi connectivity index (χ2v) is 9.23. The van der Waals surface area contributed by atoms with E-state index in [0.717, 1.165) is 43.1 Å². The van der Waals surface area contributed by atoms with Crippen LogP contribution in [0, 0.1) is 0 Å². The lowest BCUT2D eigenvalue weighted by Crippen LogP contribution is -2.53. The fourth-order valence-electron chi connectivity index (χ4n) is 4.80. The highest BCUT2D eigenvalue weighted by Crippen LogP contribution is 2.27. The zero-order chi connectivity index (χ0) is 22.9. The van der Waals surface area contributed by atoms with E-state index in [4.69, 9.17) is 20.8 Å². The number of aliphatic hydroxyl groups excluding tert-OH is 1. The Morgan fingerprint density at radius 1 is 1.09 bits per heavy atom. The van der Waals surface area contributed by atoms with Crippen molar-refractivity contribution in [2.24, 2.45) is 0 Å². The van der Waals surface area contributed by atoms with Gasteiger partial charge in [0.25, 0.3) is 5.91 Å². The summed E-state index contributed by atoms with van der Waals surface area (Å²) in [5.74, 6) is 0.821. The SMILES string of the molecule is COc1ccc2oc(C(=O)N3C[C@H](O)[C@@H](N4CCN(Cc5ccc(Cl)cc5)CC4)C3)cc2c1. The van der Waals surface area contributed by atoms with Crippen molar-refractivity contribution >= 4 is 28.5 Å². The molecule has 0 aliphatic carbocycles. The minimum absolute atomic E-state index is 0.0592. The Bertz CT molecular complexity index is 1120. The van der Waals surface area contributed by atoms with Gasteiger partial charge in [-0.25, -0.2) is 0 Å². The third-order valence-electron chi connectivity index (χ3n) is 6.68. The molecule has 8 heteroatoms. The smallest absolute Gasteiger partial charge is 0.289 e. The van der Waals surface area contributed by atoms with Crippen LogP contribution in [0.5, 0.6) is 5.75 Å². The van der Waals surface area contributed by atoms with Gasteiger partial charge in [-0.2, -0.15) is 0 Å². The van der Waals surface area contributed by atoms with E-state index in [1.165, 1.54) is 5.56 Å². The van der Waals surface area contributed by atoms with Gasteiger partial charge in [0.05, 0.1) is 19.3 Å². The van der Waals surface area contributed by atoms with Crippen molar-refractivity contribution in [2.75, 3.05) is 46.4 Å². The Morgan fingerprint density at radius 3 is 2.58 bits per heavy atom. The summed E-state index contributed by atoms with van der Waals surface area (Å²) in [6.45, 7) is 5.27. The molecule has 1 amide bonds. The molecule has 2 fully saturated rings. The summed E-state index contributed by atoms with van der Waals surface area (Å²) in [6.07, 6.45) is -0.568. The standard InChI is InChI=1S/C25H28ClN3O4/c1-32-20-6-7-23-18(12-20)13-24(33-23)25(31)29-15-21(22(30)16-29)28-10-8-27(9-11-28)14-17-2-4-19(26)5-3-17/h2-7,12-13,21-22,30H,8-11,14-16H2,1H3/t21-,22-/m0/s1. The number of furan rings is 1. The van der Waals surface area contributed by atoms with Crippen molar-refractivity contribution in [3.05, 3.63) is 64.9 Å². The Kier molecular flexibility index (Phi) is 6.29. The van der Waals surface area contributed by atoms with Gasteiger partial charge in [-0.3, -0.25) is 14.6 Å². The van der Waals surface area contributed by atoms with E-state index in [1.54, 1.807) is 24.1 Å². The lowest BCUT2D eigenvalue weighted by molar-refractivity contribution is 0.0423. The molecule has 7 nitrogen and oxygen atoms in total. The van der Waals surface area contributed by atoms with Gasteiger partial charge < -0.3 is 19.2 Å². The summed E-state index contributed by atoms with van der Waals surface area (Å²) in [5.41, 5.74) is 1.89. The van der Waals surface area contributed by atoms with Crippen molar-refractivity contribution in [3.63, 3.8) is 0 Å². The predicted molar refractivity (Wildman–Crippen MR) is 127 cm³/mol. The predicted octanol–water partition coefficient (Wildman–Crippen LogP) is 3.10. The average Bonchev–Trinajstić information content (AvgIpc) is 3.43. The minimum atomic E-state index is -0.568. The van der Waals surface area contributed by atoms with Crippen LogP contribution in [-0.4, -0.2) is 84.2 Å². The number of carbonyl (C=O) groups excluding carboxylic acids is 1. The van der Waals surface area contributed by atoms with Crippen LogP contribution in [0.2, 0.25) is 5.02 Å². The maximum atomic E-state index is 13.1. The van der Waals surface area contributed by atoms with Gasteiger partial charge in [0.1, 0.15) is 11.3 Å². The number of carbonyl (C=O) groups is 1. The molecule has 2 atom stereocenters. The Balaban J connectivity index is 1.19. The van der Waals surface area contributed by atoms with Crippen molar-refractivity contribution in [2.45, 2.75) is 18.7 Å². The number of hydrogen-bond donors (Lipinski definition) is 1. The van der Waals surface area contributed by atoms with Gasteiger partial charge in [0.2, 0.25) is 0 Å². The maximum Gasteiger partial charge on any atom is 0.289 e. The number of ether oxygens (including phenoxy) is 1. The first-order valence-electron chi connectivity index (χ1n) is 11.3. The van der Waals surface area contributed by atoms with Crippen LogP contribution in [0.15, 0.2) is 52.9 Å². The molecule has 0 saturated carbocycles. The normalized spacial score (nSPS) is 22.2. The zero-order valence-electron chi connectivity index (χ0n) is 18.6. The van der Waals surface area contributed by atoms with Crippen LogP contribution < -0.4 is 4.74 Å². The fraction of sp³-hybridized carbons (Fsp3) is 0.400. The van der Waals surface area contributed by atoms with Gasteiger partial charge in [-0.15, -0.1) is 0 Å². The van der Waals surface area contributed by atoms with Crippen LogP contribution in [0.4, 0.5) is 0 Å². The largest absolute Gasteiger partial charge is 0.497 e. The fourth-order valence-corrected chi connectivity index (χ4v) is 4.93. The Morgan fingerprint density at radius 2 is 1.85 bits per heavy atom. The first kappa shape index (κ1) is 22.2. The number of benzene rings is 2. The number of piperazine rings is 1. The number of likely N-dealkylation sites (tertiary alicyclic amines) is 1. The third kappa shape index (κ3) is 4.73. The summed E-state index contributed by atoms with van der Waals surface area (Å²) in [6, 6.07) is 15.1. The third-order valence-corrected chi connectivity index (χ3v) is 6.93. The number of β-amino-alcohol motifs (C(OH)–C–C–N with tert-alkyl or cyclic N) is 1. The molecular weight excluding hydrogens is 442 g/mol. The maximum absolute atomic E-state index is 13.1. The number of methoxy groups -OCH3 is 1. The second-order valence-electron chi connectivity index (χ2n) is 8.80. The van der Waals surface area contributed by atoms with Crippen molar-refractivity contribution < 1.29 is 19.1 Å². The van der Waals surface area contributed by atoms with Crippen molar-refractivity contribution in [3.8, 4) is 5.75 Å². The summed E-state index contributed by atoms with van der Waals surface area (Å²) in [5, 5.41) is 12.3. The van der Waals surface area contributed by atoms with E-state index in [9.17, 15) is 9.90 Å². The molecule has 0 spiro atoms. The van der Waals surface area contributed by atoms with Gasteiger partial charge in [0.15, 0.2) is 5.76 Å². The van der Waals surface area contributed by atoms with E-state index in [2.05, 4.69) is 21.9 Å². The van der Waals surface area contributed by atoms with Crippen LogP contribution >= 0.6 is 11.6 Å². The lowest BCUT2D eigenvalue weighted by atomic mass is 10.1. The molecule has 3 aromatic rings.